The van der Waals surface area contributed by atoms with E-state index in [9.17, 15) is 9.59 Å². The van der Waals surface area contributed by atoms with Gasteiger partial charge in [-0.05, 0) is 19.3 Å². The number of hydrogen-bond acceptors (Lipinski definition) is 3. The maximum atomic E-state index is 11.3. The van der Waals surface area contributed by atoms with Gasteiger partial charge < -0.3 is 4.74 Å². The Morgan fingerprint density at radius 1 is 1.62 bits per heavy atom. The number of carbonyl (C=O) groups excluding carboxylic acids is 2. The lowest BCUT2D eigenvalue weighted by molar-refractivity contribution is -0.151. The Kier molecular flexibility index (Phi) is 3.93. The minimum absolute atomic E-state index is 0.0569. The fourth-order valence-corrected chi connectivity index (χ4v) is 1.48. The van der Waals surface area contributed by atoms with Crippen LogP contribution in [0, 0.1) is 5.92 Å². The van der Waals surface area contributed by atoms with Gasteiger partial charge in [0.25, 0.3) is 0 Å². The van der Waals surface area contributed by atoms with Gasteiger partial charge >= 0.3 is 5.97 Å². The highest BCUT2D eigenvalue weighted by Crippen LogP contribution is 2.22. The van der Waals surface area contributed by atoms with E-state index < -0.39 is 5.92 Å². The van der Waals surface area contributed by atoms with E-state index in [1.165, 1.54) is 0 Å². The molecule has 0 radical (unpaired) electrons. The molecule has 3 nitrogen and oxygen atoms in total. The highest BCUT2D eigenvalue weighted by atomic mass is 16.5. The topological polar surface area (TPSA) is 43.4 Å². The fraction of sp³-hybridized carbons (Fsp3) is 0.800. The molecule has 1 fully saturated rings. The first-order chi connectivity index (χ1) is 6.25. The lowest BCUT2D eigenvalue weighted by Crippen LogP contribution is -2.21. The summed E-state index contributed by atoms with van der Waals surface area (Å²) in [5, 5.41) is 0. The number of esters is 1. The van der Waals surface area contributed by atoms with Crippen LogP contribution in [0.5, 0.6) is 0 Å². The number of carbonyl (C=O) groups is 2. The van der Waals surface area contributed by atoms with E-state index >= 15 is 0 Å². The Balaban J connectivity index is 2.26. The molecule has 0 bridgehead atoms. The molecule has 0 aromatic carbocycles. The van der Waals surface area contributed by atoms with Crippen LogP contribution in [0.25, 0.3) is 0 Å². The van der Waals surface area contributed by atoms with Crippen LogP contribution in [0.1, 0.15) is 39.0 Å². The first-order valence-electron chi connectivity index (χ1n) is 4.95. The van der Waals surface area contributed by atoms with Gasteiger partial charge in [-0.1, -0.05) is 13.3 Å². The SMILES string of the molecule is CCCCOC(=O)[C@@H]1CCCC1=O. The summed E-state index contributed by atoms with van der Waals surface area (Å²) in [5.74, 6) is -0.700. The molecule has 0 saturated heterocycles. The Labute approximate surface area is 78.5 Å². The van der Waals surface area contributed by atoms with Crippen molar-refractivity contribution in [3.05, 3.63) is 0 Å². The van der Waals surface area contributed by atoms with Crippen LogP contribution < -0.4 is 0 Å². The molecule has 1 rings (SSSR count). The standard InChI is InChI=1S/C10H16O3/c1-2-3-7-13-10(12)8-5-4-6-9(8)11/h8H,2-7H2,1H3/t8-/m1/s1. The molecule has 1 saturated carbocycles. The van der Waals surface area contributed by atoms with Crippen LogP contribution in [0.2, 0.25) is 0 Å². The molecule has 0 heterocycles. The summed E-state index contributed by atoms with van der Waals surface area (Å²) >= 11 is 0. The number of ether oxygens (including phenoxy) is 1. The Hall–Kier alpha value is -0.860. The van der Waals surface area contributed by atoms with Crippen LogP contribution in [0.3, 0.4) is 0 Å². The number of unbranched alkanes of at least 4 members (excludes halogenated alkanes) is 1. The van der Waals surface area contributed by atoms with Crippen molar-refractivity contribution in [1.82, 2.24) is 0 Å². The molecule has 1 aliphatic rings. The predicted octanol–water partition coefficient (Wildman–Crippen LogP) is 1.70. The Morgan fingerprint density at radius 2 is 2.38 bits per heavy atom. The van der Waals surface area contributed by atoms with Gasteiger partial charge in [0.15, 0.2) is 0 Å². The van der Waals surface area contributed by atoms with Gasteiger partial charge in [-0.15, -0.1) is 0 Å². The number of ketones is 1. The van der Waals surface area contributed by atoms with E-state index in [1.54, 1.807) is 0 Å². The predicted molar refractivity (Wildman–Crippen MR) is 48.2 cm³/mol. The van der Waals surface area contributed by atoms with Crippen LogP contribution in [-0.2, 0) is 14.3 Å². The third-order valence-electron chi connectivity index (χ3n) is 2.33. The van der Waals surface area contributed by atoms with Crippen molar-refractivity contribution in [2.75, 3.05) is 6.61 Å². The van der Waals surface area contributed by atoms with Crippen LogP contribution in [0.15, 0.2) is 0 Å². The molecule has 74 valence electrons. The number of rotatable bonds is 4. The molecule has 0 aromatic heterocycles. The normalized spacial score (nSPS) is 21.9. The molecule has 0 spiro atoms. The summed E-state index contributed by atoms with van der Waals surface area (Å²) in [7, 11) is 0. The van der Waals surface area contributed by atoms with Crippen molar-refractivity contribution in [3.63, 3.8) is 0 Å². The summed E-state index contributed by atoms with van der Waals surface area (Å²) in [5.41, 5.74) is 0. The highest BCUT2D eigenvalue weighted by Gasteiger charge is 2.31. The quantitative estimate of drug-likeness (QED) is 0.379. The van der Waals surface area contributed by atoms with Crippen LogP contribution >= 0.6 is 0 Å². The largest absolute Gasteiger partial charge is 0.465 e. The number of hydrogen-bond donors (Lipinski definition) is 0. The molecule has 0 N–H and O–H groups in total. The molecule has 0 unspecified atom stereocenters. The van der Waals surface area contributed by atoms with Crippen molar-refractivity contribution >= 4 is 11.8 Å². The van der Waals surface area contributed by atoms with E-state index in [1.807, 2.05) is 6.92 Å². The van der Waals surface area contributed by atoms with Gasteiger partial charge in [0.1, 0.15) is 11.7 Å². The van der Waals surface area contributed by atoms with E-state index in [2.05, 4.69) is 0 Å². The van der Waals surface area contributed by atoms with Gasteiger partial charge in [-0.2, -0.15) is 0 Å². The Morgan fingerprint density at radius 3 is 2.92 bits per heavy atom. The van der Waals surface area contributed by atoms with Gasteiger partial charge in [-0.25, -0.2) is 0 Å². The molecular formula is C10H16O3. The van der Waals surface area contributed by atoms with E-state index in [0.717, 1.165) is 19.3 Å². The minimum Gasteiger partial charge on any atom is -0.465 e. The van der Waals surface area contributed by atoms with Crippen molar-refractivity contribution < 1.29 is 14.3 Å². The third kappa shape index (κ3) is 2.83. The van der Waals surface area contributed by atoms with E-state index in [4.69, 9.17) is 4.74 Å². The van der Waals surface area contributed by atoms with Crippen LogP contribution in [-0.4, -0.2) is 18.4 Å². The maximum absolute atomic E-state index is 11.3. The molecule has 0 aromatic rings. The lowest BCUT2D eigenvalue weighted by Gasteiger charge is -2.07. The summed E-state index contributed by atoms with van der Waals surface area (Å²) in [6, 6.07) is 0. The number of Topliss-reactive ketones (excluding diaryl/α,β-unsaturated/α-hetero) is 1. The molecule has 0 amide bonds. The molecule has 1 aliphatic carbocycles. The lowest BCUT2D eigenvalue weighted by atomic mass is 10.1. The van der Waals surface area contributed by atoms with Gasteiger partial charge in [0.05, 0.1) is 6.61 Å². The second-order valence-electron chi connectivity index (χ2n) is 3.43. The van der Waals surface area contributed by atoms with Gasteiger partial charge in [0, 0.05) is 6.42 Å². The third-order valence-corrected chi connectivity index (χ3v) is 2.33. The Bertz CT molecular complexity index is 198. The zero-order valence-electron chi connectivity index (χ0n) is 8.04. The smallest absolute Gasteiger partial charge is 0.316 e. The average molecular weight is 184 g/mol. The van der Waals surface area contributed by atoms with Crippen molar-refractivity contribution in [1.29, 1.82) is 0 Å². The first kappa shape index (κ1) is 10.2. The fourth-order valence-electron chi connectivity index (χ4n) is 1.48. The van der Waals surface area contributed by atoms with Gasteiger partial charge in [-0.3, -0.25) is 9.59 Å². The second-order valence-corrected chi connectivity index (χ2v) is 3.43. The maximum Gasteiger partial charge on any atom is 0.316 e. The van der Waals surface area contributed by atoms with Crippen molar-refractivity contribution in [2.24, 2.45) is 5.92 Å². The van der Waals surface area contributed by atoms with E-state index in [0.29, 0.717) is 19.4 Å². The van der Waals surface area contributed by atoms with Crippen LogP contribution in [0.4, 0.5) is 0 Å². The monoisotopic (exact) mass is 184 g/mol. The van der Waals surface area contributed by atoms with Crippen molar-refractivity contribution in [2.45, 2.75) is 39.0 Å². The zero-order chi connectivity index (χ0) is 9.68. The van der Waals surface area contributed by atoms with Crippen molar-refractivity contribution in [3.8, 4) is 0 Å². The highest BCUT2D eigenvalue weighted by molar-refractivity contribution is 6.00. The molecule has 3 heteroatoms. The second kappa shape index (κ2) is 5.00. The minimum atomic E-state index is -0.447. The van der Waals surface area contributed by atoms with E-state index in [-0.39, 0.29) is 11.8 Å². The average Bonchev–Trinajstić information content (AvgIpc) is 2.52. The van der Waals surface area contributed by atoms with Gasteiger partial charge in [0.2, 0.25) is 0 Å². The zero-order valence-corrected chi connectivity index (χ0v) is 8.04. The molecule has 1 atom stereocenters. The molecule has 13 heavy (non-hydrogen) atoms. The first-order valence-corrected chi connectivity index (χ1v) is 4.95. The summed E-state index contributed by atoms with van der Waals surface area (Å²) < 4.78 is 4.98. The summed E-state index contributed by atoms with van der Waals surface area (Å²) in [4.78, 5) is 22.4. The molecule has 0 aliphatic heterocycles. The molecular weight excluding hydrogens is 168 g/mol. The summed E-state index contributed by atoms with van der Waals surface area (Å²) in [6.45, 7) is 2.49. The summed E-state index contributed by atoms with van der Waals surface area (Å²) in [6.07, 6.45) is 3.96.